The van der Waals surface area contributed by atoms with Crippen molar-refractivity contribution in [2.45, 2.75) is 0 Å². The second-order valence-corrected chi connectivity index (χ2v) is 3.98. The van der Waals surface area contributed by atoms with Crippen LogP contribution < -0.4 is 15.8 Å². The zero-order valence-electron chi connectivity index (χ0n) is 9.61. The van der Waals surface area contributed by atoms with Gasteiger partial charge in [0, 0.05) is 5.03 Å². The minimum atomic E-state index is -0.611. The average Bonchev–Trinajstić information content (AvgIpc) is 2.34. The van der Waals surface area contributed by atoms with Gasteiger partial charge in [-0.1, -0.05) is 30.3 Å². The lowest BCUT2D eigenvalue weighted by atomic mass is 10.2. The number of halogens is 1. The lowest BCUT2D eigenvalue weighted by Gasteiger charge is -2.09. The Kier molecular flexibility index (Phi) is 5.20. The summed E-state index contributed by atoms with van der Waals surface area (Å²) in [6.45, 7) is 3.37. The molecule has 1 aromatic carbocycles. The molecule has 0 radical (unpaired) electrons. The molecule has 1 rings (SSSR count). The van der Waals surface area contributed by atoms with Crippen LogP contribution in [0.5, 0.6) is 5.75 Å². The van der Waals surface area contributed by atoms with Crippen molar-refractivity contribution < 1.29 is 14.3 Å². The molecule has 0 unspecified atom stereocenters. The molecule has 1 aromatic rings. The van der Waals surface area contributed by atoms with Crippen LogP contribution in [0, 0.1) is 0 Å². The average molecular weight is 269 g/mol. The van der Waals surface area contributed by atoms with E-state index < -0.39 is 5.91 Å². The van der Waals surface area contributed by atoms with E-state index in [4.69, 9.17) is 22.1 Å². The van der Waals surface area contributed by atoms with Gasteiger partial charge < -0.3 is 15.8 Å². The maximum atomic E-state index is 11.3. The minimum absolute atomic E-state index is 0.168. The van der Waals surface area contributed by atoms with Gasteiger partial charge in [0.25, 0.3) is 11.8 Å². The molecule has 0 saturated carbocycles. The number of hydrogen-bond acceptors (Lipinski definition) is 3. The summed E-state index contributed by atoms with van der Waals surface area (Å²) in [6.07, 6.45) is 0. The molecule has 0 aliphatic rings. The maximum Gasteiger partial charge on any atom is 0.258 e. The van der Waals surface area contributed by atoms with E-state index in [0.29, 0.717) is 5.03 Å². The first-order valence-corrected chi connectivity index (χ1v) is 5.50. The van der Waals surface area contributed by atoms with E-state index in [-0.39, 0.29) is 30.4 Å². The fourth-order valence-electron chi connectivity index (χ4n) is 1.18. The third kappa shape index (κ3) is 4.47. The third-order valence-electron chi connectivity index (χ3n) is 1.99. The molecule has 0 spiro atoms. The van der Waals surface area contributed by atoms with E-state index >= 15 is 0 Å². The molecule has 0 saturated heterocycles. The Bertz CT molecular complexity index is 474. The summed E-state index contributed by atoms with van der Waals surface area (Å²) < 4.78 is 5.21. The Labute approximate surface area is 110 Å². The number of para-hydroxylation sites is 1. The van der Waals surface area contributed by atoms with Crippen molar-refractivity contribution in [3.63, 3.8) is 0 Å². The normalized spacial score (nSPS) is 9.61. The molecule has 6 heteroatoms. The maximum absolute atomic E-state index is 11.3. The largest absolute Gasteiger partial charge is 0.483 e. The fourth-order valence-corrected chi connectivity index (χ4v) is 1.25. The van der Waals surface area contributed by atoms with Crippen molar-refractivity contribution in [1.29, 1.82) is 0 Å². The van der Waals surface area contributed by atoms with Gasteiger partial charge in [0.05, 0.1) is 12.1 Å². The minimum Gasteiger partial charge on any atom is -0.483 e. The quantitative estimate of drug-likeness (QED) is 0.809. The monoisotopic (exact) mass is 268 g/mol. The van der Waals surface area contributed by atoms with Crippen LogP contribution in [0.4, 0.5) is 0 Å². The summed E-state index contributed by atoms with van der Waals surface area (Å²) in [5.41, 5.74) is 5.40. The van der Waals surface area contributed by atoms with Gasteiger partial charge in [-0.05, 0) is 12.1 Å². The summed E-state index contributed by atoms with van der Waals surface area (Å²) >= 11 is 5.49. The van der Waals surface area contributed by atoms with Crippen LogP contribution in [-0.4, -0.2) is 25.0 Å². The number of hydrogen-bond donors (Lipinski definition) is 2. The van der Waals surface area contributed by atoms with E-state index in [1.54, 1.807) is 18.2 Å². The third-order valence-corrected chi connectivity index (χ3v) is 2.12. The number of benzene rings is 1. The lowest BCUT2D eigenvalue weighted by Crippen LogP contribution is -2.30. The van der Waals surface area contributed by atoms with Gasteiger partial charge >= 0.3 is 0 Å². The van der Waals surface area contributed by atoms with Crippen molar-refractivity contribution >= 4 is 23.4 Å². The van der Waals surface area contributed by atoms with Gasteiger partial charge in [-0.15, -0.1) is 0 Å². The van der Waals surface area contributed by atoms with E-state index in [2.05, 4.69) is 11.9 Å². The Balaban J connectivity index is 2.56. The van der Waals surface area contributed by atoms with E-state index in [0.717, 1.165) is 0 Å². The molecule has 0 fully saturated rings. The number of carbonyl (C=O) groups is 2. The first kappa shape index (κ1) is 14.1. The molecular formula is C12H13ClN2O3. The number of ether oxygens (including phenoxy) is 1. The van der Waals surface area contributed by atoms with Crippen LogP contribution in [0.3, 0.4) is 0 Å². The predicted molar refractivity (Wildman–Crippen MR) is 68.5 cm³/mol. The second kappa shape index (κ2) is 6.66. The van der Waals surface area contributed by atoms with Crippen molar-refractivity contribution in [2.24, 2.45) is 5.73 Å². The number of carbonyl (C=O) groups excluding carboxylic acids is 2. The molecule has 2 amide bonds. The van der Waals surface area contributed by atoms with Gasteiger partial charge in [0.2, 0.25) is 0 Å². The molecule has 0 aromatic heterocycles. The number of amides is 2. The van der Waals surface area contributed by atoms with Gasteiger partial charge in [-0.3, -0.25) is 9.59 Å². The topological polar surface area (TPSA) is 81.4 Å². The highest BCUT2D eigenvalue weighted by Crippen LogP contribution is 2.16. The molecule has 18 heavy (non-hydrogen) atoms. The molecule has 3 N–H and O–H groups in total. The SMILES string of the molecule is C=C(Cl)CNC(=O)COc1ccccc1C(N)=O. The van der Waals surface area contributed by atoms with Crippen LogP contribution in [0.15, 0.2) is 35.9 Å². The molecular weight excluding hydrogens is 256 g/mol. The van der Waals surface area contributed by atoms with Gasteiger partial charge in [-0.2, -0.15) is 0 Å². The Morgan fingerprint density at radius 3 is 2.67 bits per heavy atom. The van der Waals surface area contributed by atoms with Gasteiger partial charge in [-0.25, -0.2) is 0 Å². The summed E-state index contributed by atoms with van der Waals surface area (Å²) in [5, 5.41) is 2.81. The van der Waals surface area contributed by atoms with Crippen molar-refractivity contribution in [2.75, 3.05) is 13.2 Å². The van der Waals surface area contributed by atoms with Crippen molar-refractivity contribution in [3.05, 3.63) is 41.4 Å². The van der Waals surface area contributed by atoms with E-state index in [9.17, 15) is 9.59 Å². The Morgan fingerprint density at radius 2 is 2.06 bits per heavy atom. The summed E-state index contributed by atoms with van der Waals surface area (Å²) in [4.78, 5) is 22.4. The smallest absolute Gasteiger partial charge is 0.258 e. The van der Waals surface area contributed by atoms with E-state index in [1.807, 2.05) is 0 Å². The Morgan fingerprint density at radius 1 is 1.39 bits per heavy atom. The Hall–Kier alpha value is -2.01. The van der Waals surface area contributed by atoms with Crippen LogP contribution >= 0.6 is 11.6 Å². The molecule has 0 heterocycles. The highest BCUT2D eigenvalue weighted by Gasteiger charge is 2.09. The standard InChI is InChI=1S/C12H13ClN2O3/c1-8(13)6-15-11(16)7-18-10-5-3-2-4-9(10)12(14)17/h2-5H,1,6-7H2,(H2,14,17)(H,15,16). The molecule has 0 bridgehead atoms. The number of nitrogens with one attached hydrogen (secondary N) is 1. The molecule has 0 atom stereocenters. The highest BCUT2D eigenvalue weighted by atomic mass is 35.5. The number of rotatable bonds is 6. The molecule has 5 nitrogen and oxygen atoms in total. The number of primary amides is 1. The van der Waals surface area contributed by atoms with Gasteiger partial charge in [0.1, 0.15) is 5.75 Å². The van der Waals surface area contributed by atoms with Crippen LogP contribution in [0.25, 0.3) is 0 Å². The summed E-state index contributed by atoms with van der Waals surface area (Å²) in [5.74, 6) is -0.707. The van der Waals surface area contributed by atoms with Crippen LogP contribution in [0.1, 0.15) is 10.4 Å². The van der Waals surface area contributed by atoms with Crippen LogP contribution in [-0.2, 0) is 4.79 Å². The van der Waals surface area contributed by atoms with Crippen molar-refractivity contribution in [3.8, 4) is 5.75 Å². The summed E-state index contributed by atoms with van der Waals surface area (Å²) in [7, 11) is 0. The molecule has 0 aliphatic heterocycles. The first-order chi connectivity index (χ1) is 8.50. The van der Waals surface area contributed by atoms with Crippen molar-refractivity contribution in [1.82, 2.24) is 5.32 Å². The molecule has 96 valence electrons. The molecule has 0 aliphatic carbocycles. The lowest BCUT2D eigenvalue weighted by molar-refractivity contribution is -0.122. The fraction of sp³-hybridized carbons (Fsp3) is 0.167. The summed E-state index contributed by atoms with van der Waals surface area (Å²) in [6, 6.07) is 6.43. The first-order valence-electron chi connectivity index (χ1n) is 5.12. The zero-order valence-corrected chi connectivity index (χ0v) is 10.4. The predicted octanol–water partition coefficient (Wildman–Crippen LogP) is 1.03. The highest BCUT2D eigenvalue weighted by molar-refractivity contribution is 6.29. The second-order valence-electron chi connectivity index (χ2n) is 3.44. The van der Waals surface area contributed by atoms with Gasteiger partial charge in [0.15, 0.2) is 6.61 Å². The number of nitrogens with two attached hydrogens (primary N) is 1. The van der Waals surface area contributed by atoms with Crippen LogP contribution in [0.2, 0.25) is 0 Å². The zero-order chi connectivity index (χ0) is 13.5. The van der Waals surface area contributed by atoms with E-state index in [1.165, 1.54) is 6.07 Å².